The van der Waals surface area contributed by atoms with Crippen LogP contribution in [0, 0.1) is 6.92 Å². The van der Waals surface area contributed by atoms with Gasteiger partial charge < -0.3 is 15.0 Å². The van der Waals surface area contributed by atoms with Crippen LogP contribution in [0.5, 0.6) is 0 Å². The lowest BCUT2D eigenvalue weighted by molar-refractivity contribution is -0.136. The van der Waals surface area contributed by atoms with Crippen LogP contribution in [0.4, 0.5) is 5.69 Å². The molecular formula is C21H22N4O4S. The van der Waals surface area contributed by atoms with E-state index in [9.17, 15) is 14.4 Å². The molecule has 0 aliphatic rings. The van der Waals surface area contributed by atoms with Crippen LogP contribution in [0.1, 0.15) is 16.1 Å². The van der Waals surface area contributed by atoms with Crippen LogP contribution in [0.25, 0.3) is 5.52 Å². The van der Waals surface area contributed by atoms with Gasteiger partial charge in [-0.15, -0.1) is 0 Å². The van der Waals surface area contributed by atoms with E-state index in [1.165, 1.54) is 23.7 Å². The molecule has 156 valence electrons. The third-order valence-electron chi connectivity index (χ3n) is 4.36. The summed E-state index contributed by atoms with van der Waals surface area (Å²) in [4.78, 5) is 42.3. The molecule has 0 radical (unpaired) electrons. The largest absolute Gasteiger partial charge is 0.451 e. The van der Waals surface area contributed by atoms with E-state index in [0.717, 1.165) is 5.56 Å². The van der Waals surface area contributed by atoms with Crippen molar-refractivity contribution in [2.45, 2.75) is 12.1 Å². The quantitative estimate of drug-likeness (QED) is 0.461. The number of aromatic nitrogens is 2. The second-order valence-corrected chi connectivity index (χ2v) is 7.42. The maximum Gasteiger partial charge on any atom is 0.359 e. The molecule has 9 heteroatoms. The molecule has 0 atom stereocenters. The normalized spacial score (nSPS) is 10.6. The van der Waals surface area contributed by atoms with E-state index in [2.05, 4.69) is 10.3 Å². The Bertz CT molecular complexity index is 1080. The van der Waals surface area contributed by atoms with Gasteiger partial charge in [-0.3, -0.25) is 14.0 Å². The first kappa shape index (κ1) is 21.4. The van der Waals surface area contributed by atoms with E-state index in [4.69, 9.17) is 4.74 Å². The highest BCUT2D eigenvalue weighted by atomic mass is 32.2. The molecule has 2 heterocycles. The number of fused-ring (bicyclic) bond motifs is 1. The molecule has 3 aromatic rings. The van der Waals surface area contributed by atoms with Crippen LogP contribution >= 0.6 is 11.8 Å². The van der Waals surface area contributed by atoms with E-state index in [0.29, 0.717) is 16.4 Å². The van der Waals surface area contributed by atoms with Gasteiger partial charge in [0.1, 0.15) is 0 Å². The molecular weight excluding hydrogens is 404 g/mol. The zero-order valence-electron chi connectivity index (χ0n) is 16.9. The summed E-state index contributed by atoms with van der Waals surface area (Å²) >= 11 is 1.40. The zero-order chi connectivity index (χ0) is 21.7. The Morgan fingerprint density at radius 1 is 1.17 bits per heavy atom. The maximum absolute atomic E-state index is 12.4. The Labute approximate surface area is 178 Å². The summed E-state index contributed by atoms with van der Waals surface area (Å²) in [6.07, 6.45) is 3.66. The molecule has 0 spiro atoms. The van der Waals surface area contributed by atoms with Gasteiger partial charge >= 0.3 is 5.97 Å². The Kier molecular flexibility index (Phi) is 6.73. The fourth-order valence-corrected chi connectivity index (χ4v) is 3.29. The van der Waals surface area contributed by atoms with Crippen LogP contribution in [0.3, 0.4) is 0 Å². The average molecular weight is 426 g/mol. The van der Waals surface area contributed by atoms with Gasteiger partial charge in [-0.1, -0.05) is 35.5 Å². The number of carbonyl (C=O) groups is 3. The lowest BCUT2D eigenvalue weighted by Gasteiger charge is -2.16. The number of nitrogens with one attached hydrogen (secondary N) is 1. The number of carbonyl (C=O) groups excluding carboxylic acids is 3. The number of rotatable bonds is 7. The van der Waals surface area contributed by atoms with Crippen molar-refractivity contribution in [2.24, 2.45) is 0 Å². The van der Waals surface area contributed by atoms with E-state index in [1.54, 1.807) is 34.9 Å². The first-order chi connectivity index (χ1) is 14.4. The maximum atomic E-state index is 12.4. The Morgan fingerprint density at radius 3 is 2.60 bits per heavy atom. The number of hydrogen-bond donors (Lipinski definition) is 1. The monoisotopic (exact) mass is 426 g/mol. The molecule has 0 fully saturated rings. The van der Waals surface area contributed by atoms with Crippen molar-refractivity contribution in [2.75, 3.05) is 31.8 Å². The van der Waals surface area contributed by atoms with Crippen LogP contribution in [-0.4, -0.2) is 58.5 Å². The van der Waals surface area contributed by atoms with Crippen molar-refractivity contribution in [3.8, 4) is 0 Å². The number of esters is 1. The van der Waals surface area contributed by atoms with Gasteiger partial charge in [0.2, 0.25) is 5.91 Å². The average Bonchev–Trinajstić information content (AvgIpc) is 3.12. The van der Waals surface area contributed by atoms with Crippen LogP contribution in [-0.2, 0) is 14.3 Å². The third kappa shape index (κ3) is 4.98. The number of likely N-dealkylation sites (N-methyl/N-ethyl adjacent to an activating group) is 1. The van der Waals surface area contributed by atoms with Crippen LogP contribution < -0.4 is 5.32 Å². The van der Waals surface area contributed by atoms with E-state index >= 15 is 0 Å². The number of benzene rings is 1. The molecule has 1 N–H and O–H groups in total. The van der Waals surface area contributed by atoms with E-state index in [-0.39, 0.29) is 18.1 Å². The molecule has 0 aliphatic heterocycles. The number of nitrogens with zero attached hydrogens (tertiary/aromatic N) is 3. The molecule has 1 aromatic carbocycles. The molecule has 2 amide bonds. The molecule has 0 bridgehead atoms. The summed E-state index contributed by atoms with van der Waals surface area (Å²) in [5.74, 6) is -1.52. The van der Waals surface area contributed by atoms with Crippen molar-refractivity contribution in [3.05, 3.63) is 59.9 Å². The number of pyridine rings is 1. The van der Waals surface area contributed by atoms with E-state index in [1.807, 2.05) is 31.4 Å². The summed E-state index contributed by atoms with van der Waals surface area (Å²) in [5, 5.41) is 3.37. The predicted octanol–water partition coefficient (Wildman–Crippen LogP) is 2.62. The number of hydrogen-bond acceptors (Lipinski definition) is 6. The van der Waals surface area contributed by atoms with Crippen molar-refractivity contribution in [3.63, 3.8) is 0 Å². The minimum Gasteiger partial charge on any atom is -0.451 e. The standard InChI is InChI=1S/C21H22N4O4S/c1-14-7-9-15(10-8-14)22-17(26)12-24(2)18(27)13-29-20(28)19-16-6-4-5-11-25(16)21(23-19)30-3/h4-11H,12-13H2,1-3H3,(H,22,26). The molecule has 0 saturated carbocycles. The predicted molar refractivity (Wildman–Crippen MR) is 115 cm³/mol. The molecule has 8 nitrogen and oxygen atoms in total. The minimum atomic E-state index is -0.690. The minimum absolute atomic E-state index is 0.146. The highest BCUT2D eigenvalue weighted by Gasteiger charge is 2.21. The lowest BCUT2D eigenvalue weighted by Crippen LogP contribution is -2.37. The summed E-state index contributed by atoms with van der Waals surface area (Å²) in [5.41, 5.74) is 2.48. The number of amides is 2. The van der Waals surface area contributed by atoms with Gasteiger partial charge in [0.05, 0.1) is 12.1 Å². The number of thioether (sulfide) groups is 1. The molecule has 0 saturated heterocycles. The molecule has 3 rings (SSSR count). The number of imidazole rings is 1. The fourth-order valence-electron chi connectivity index (χ4n) is 2.75. The van der Waals surface area contributed by atoms with Crippen LogP contribution in [0.2, 0.25) is 0 Å². The highest BCUT2D eigenvalue weighted by molar-refractivity contribution is 7.98. The zero-order valence-corrected chi connectivity index (χ0v) is 17.7. The first-order valence-corrected chi connectivity index (χ1v) is 10.4. The van der Waals surface area contributed by atoms with Crippen molar-refractivity contribution in [1.82, 2.24) is 14.3 Å². The first-order valence-electron chi connectivity index (χ1n) is 9.17. The fraction of sp³-hybridized carbons (Fsp3) is 0.238. The molecule has 0 unspecified atom stereocenters. The number of ether oxygens (including phenoxy) is 1. The summed E-state index contributed by atoms with van der Waals surface area (Å²) in [6, 6.07) is 12.7. The second kappa shape index (κ2) is 9.45. The van der Waals surface area contributed by atoms with Gasteiger partial charge in [0, 0.05) is 18.9 Å². The number of aryl methyl sites for hydroxylation is 1. The van der Waals surface area contributed by atoms with Gasteiger partial charge in [-0.2, -0.15) is 0 Å². The Morgan fingerprint density at radius 2 is 1.90 bits per heavy atom. The Balaban J connectivity index is 1.55. The van der Waals surface area contributed by atoms with Crippen molar-refractivity contribution < 1.29 is 19.1 Å². The van der Waals surface area contributed by atoms with E-state index < -0.39 is 18.5 Å². The molecule has 2 aromatic heterocycles. The SMILES string of the molecule is CSc1nc(C(=O)OCC(=O)N(C)CC(=O)Nc2ccc(C)cc2)c2ccccn12. The van der Waals surface area contributed by atoms with Gasteiger partial charge in [-0.05, 0) is 37.4 Å². The topological polar surface area (TPSA) is 93.0 Å². The highest BCUT2D eigenvalue weighted by Crippen LogP contribution is 2.20. The van der Waals surface area contributed by atoms with Gasteiger partial charge in [-0.25, -0.2) is 9.78 Å². The van der Waals surface area contributed by atoms with Gasteiger partial charge in [0.15, 0.2) is 17.5 Å². The van der Waals surface area contributed by atoms with Crippen molar-refractivity contribution >= 4 is 40.7 Å². The smallest absolute Gasteiger partial charge is 0.359 e. The summed E-state index contributed by atoms with van der Waals surface area (Å²) in [6.45, 7) is 1.32. The number of anilines is 1. The Hall–Kier alpha value is -3.33. The van der Waals surface area contributed by atoms with Crippen LogP contribution in [0.15, 0.2) is 53.8 Å². The van der Waals surface area contributed by atoms with Crippen molar-refractivity contribution in [1.29, 1.82) is 0 Å². The summed E-state index contributed by atoms with van der Waals surface area (Å²) < 4.78 is 6.93. The van der Waals surface area contributed by atoms with Gasteiger partial charge in [0.25, 0.3) is 5.91 Å². The molecule has 30 heavy (non-hydrogen) atoms. The summed E-state index contributed by atoms with van der Waals surface area (Å²) in [7, 11) is 1.47. The molecule has 0 aliphatic carbocycles. The second-order valence-electron chi connectivity index (χ2n) is 6.64. The lowest BCUT2D eigenvalue weighted by atomic mass is 10.2. The third-order valence-corrected chi connectivity index (χ3v) is 5.01.